The molecule has 0 saturated carbocycles. The predicted molar refractivity (Wildman–Crippen MR) is 87.6 cm³/mol. The standard InChI is InChI=1S/C14H16N4O2S2/c1-3-10-8(2)16-14-18(12(10)20)6-9(7-22-14)11(19)17-13-15-4-5-21-13/h4-5,9H,3,6-7H2,1-2H3,(H,15,17,19). The van der Waals surface area contributed by atoms with Gasteiger partial charge in [-0.1, -0.05) is 18.7 Å². The number of aryl methyl sites for hydroxylation is 1. The molecule has 3 heterocycles. The van der Waals surface area contributed by atoms with E-state index in [2.05, 4.69) is 15.3 Å². The zero-order valence-corrected chi connectivity index (χ0v) is 14.0. The number of thioether (sulfide) groups is 1. The number of rotatable bonds is 3. The zero-order valence-electron chi connectivity index (χ0n) is 12.3. The van der Waals surface area contributed by atoms with Crippen molar-refractivity contribution >= 4 is 34.1 Å². The monoisotopic (exact) mass is 336 g/mol. The van der Waals surface area contributed by atoms with E-state index in [4.69, 9.17) is 0 Å². The molecular formula is C14H16N4O2S2. The molecule has 0 radical (unpaired) electrons. The number of thiazole rings is 1. The molecule has 6 nitrogen and oxygen atoms in total. The summed E-state index contributed by atoms with van der Waals surface area (Å²) in [5.41, 5.74) is 1.49. The van der Waals surface area contributed by atoms with Gasteiger partial charge in [-0.2, -0.15) is 0 Å². The van der Waals surface area contributed by atoms with Crippen molar-refractivity contribution in [3.05, 3.63) is 33.2 Å². The summed E-state index contributed by atoms with van der Waals surface area (Å²) >= 11 is 2.84. The van der Waals surface area contributed by atoms with Crippen molar-refractivity contribution in [3.8, 4) is 0 Å². The first kappa shape index (κ1) is 15.2. The highest BCUT2D eigenvalue weighted by molar-refractivity contribution is 7.99. The van der Waals surface area contributed by atoms with Crippen molar-refractivity contribution < 1.29 is 4.79 Å². The molecule has 1 atom stereocenters. The van der Waals surface area contributed by atoms with Crippen LogP contribution in [-0.4, -0.2) is 26.2 Å². The molecule has 2 aromatic heterocycles. The summed E-state index contributed by atoms with van der Waals surface area (Å²) in [5.74, 6) is 0.265. The van der Waals surface area contributed by atoms with Crippen molar-refractivity contribution in [1.82, 2.24) is 14.5 Å². The third kappa shape index (κ3) is 2.80. The van der Waals surface area contributed by atoms with Crippen LogP contribution >= 0.6 is 23.1 Å². The average Bonchev–Trinajstić information content (AvgIpc) is 3.00. The maximum Gasteiger partial charge on any atom is 0.257 e. The van der Waals surface area contributed by atoms with Crippen LogP contribution in [0.3, 0.4) is 0 Å². The Bertz CT molecular complexity index is 755. The van der Waals surface area contributed by atoms with Crippen LogP contribution in [0.5, 0.6) is 0 Å². The van der Waals surface area contributed by atoms with Gasteiger partial charge in [0, 0.05) is 35.1 Å². The number of fused-ring (bicyclic) bond motifs is 1. The van der Waals surface area contributed by atoms with Gasteiger partial charge in [0.05, 0.1) is 5.92 Å². The summed E-state index contributed by atoms with van der Waals surface area (Å²) in [7, 11) is 0. The lowest BCUT2D eigenvalue weighted by Gasteiger charge is -2.24. The second-order valence-electron chi connectivity index (χ2n) is 5.06. The summed E-state index contributed by atoms with van der Waals surface area (Å²) < 4.78 is 1.63. The van der Waals surface area contributed by atoms with Crippen LogP contribution in [0.15, 0.2) is 21.5 Å². The van der Waals surface area contributed by atoms with Crippen LogP contribution < -0.4 is 10.9 Å². The first-order chi connectivity index (χ1) is 10.6. The maximum atomic E-state index is 12.5. The molecule has 1 unspecified atom stereocenters. The Morgan fingerprint density at radius 2 is 2.36 bits per heavy atom. The second kappa shape index (κ2) is 6.21. The number of hydrogen-bond donors (Lipinski definition) is 1. The van der Waals surface area contributed by atoms with Crippen LogP contribution in [0, 0.1) is 12.8 Å². The van der Waals surface area contributed by atoms with Crippen molar-refractivity contribution in [2.75, 3.05) is 11.1 Å². The third-order valence-electron chi connectivity index (χ3n) is 3.64. The molecule has 1 amide bonds. The summed E-state index contributed by atoms with van der Waals surface area (Å²) in [6.07, 6.45) is 2.30. The van der Waals surface area contributed by atoms with E-state index >= 15 is 0 Å². The molecule has 0 bridgehead atoms. The van der Waals surface area contributed by atoms with Gasteiger partial charge in [0.25, 0.3) is 5.56 Å². The van der Waals surface area contributed by atoms with Crippen molar-refractivity contribution in [3.63, 3.8) is 0 Å². The van der Waals surface area contributed by atoms with Gasteiger partial charge < -0.3 is 5.32 Å². The molecule has 1 aliphatic rings. The minimum Gasteiger partial charge on any atom is -0.302 e. The van der Waals surface area contributed by atoms with Gasteiger partial charge in [0.2, 0.25) is 5.91 Å². The molecule has 116 valence electrons. The van der Waals surface area contributed by atoms with E-state index in [-0.39, 0.29) is 17.4 Å². The van der Waals surface area contributed by atoms with Crippen LogP contribution in [-0.2, 0) is 17.8 Å². The van der Waals surface area contributed by atoms with Crippen molar-refractivity contribution in [1.29, 1.82) is 0 Å². The number of amides is 1. The fourth-order valence-corrected chi connectivity index (χ4v) is 4.11. The smallest absolute Gasteiger partial charge is 0.257 e. The minimum absolute atomic E-state index is 0.0238. The number of anilines is 1. The van der Waals surface area contributed by atoms with Crippen molar-refractivity contribution in [2.45, 2.75) is 32.0 Å². The van der Waals surface area contributed by atoms with E-state index < -0.39 is 0 Å². The van der Waals surface area contributed by atoms with E-state index in [1.54, 1.807) is 10.8 Å². The summed E-state index contributed by atoms with van der Waals surface area (Å²) in [6, 6.07) is 0. The highest BCUT2D eigenvalue weighted by atomic mass is 32.2. The van der Waals surface area contributed by atoms with Gasteiger partial charge in [-0.25, -0.2) is 9.97 Å². The first-order valence-electron chi connectivity index (χ1n) is 7.03. The van der Waals surface area contributed by atoms with Gasteiger partial charge in [-0.05, 0) is 13.3 Å². The highest BCUT2D eigenvalue weighted by Gasteiger charge is 2.28. The summed E-state index contributed by atoms with van der Waals surface area (Å²) in [6.45, 7) is 4.18. The quantitative estimate of drug-likeness (QED) is 0.867. The molecule has 1 N–H and O–H groups in total. The fourth-order valence-electron chi connectivity index (χ4n) is 2.45. The molecular weight excluding hydrogens is 320 g/mol. The predicted octanol–water partition coefficient (Wildman–Crippen LogP) is 1.93. The third-order valence-corrected chi connectivity index (χ3v) is 5.47. The molecule has 0 spiro atoms. The molecule has 0 fully saturated rings. The summed E-state index contributed by atoms with van der Waals surface area (Å²) in [4.78, 5) is 33.4. The van der Waals surface area contributed by atoms with E-state index in [1.807, 2.05) is 19.2 Å². The Kier molecular flexibility index (Phi) is 4.30. The normalized spacial score (nSPS) is 17.1. The molecule has 0 aromatic carbocycles. The van der Waals surface area contributed by atoms with Gasteiger partial charge in [-0.15, -0.1) is 11.3 Å². The Hall–Kier alpha value is -1.67. The molecule has 3 rings (SSSR count). The van der Waals surface area contributed by atoms with E-state index in [0.717, 1.165) is 11.3 Å². The molecule has 22 heavy (non-hydrogen) atoms. The Morgan fingerprint density at radius 3 is 3.05 bits per heavy atom. The highest BCUT2D eigenvalue weighted by Crippen LogP contribution is 2.27. The lowest BCUT2D eigenvalue weighted by molar-refractivity contribution is -0.119. The number of hydrogen-bond acceptors (Lipinski definition) is 6. The lowest BCUT2D eigenvalue weighted by atomic mass is 10.1. The number of nitrogens with zero attached hydrogens (tertiary/aromatic N) is 3. The van der Waals surface area contributed by atoms with Gasteiger partial charge in [0.15, 0.2) is 10.3 Å². The van der Waals surface area contributed by atoms with E-state index in [9.17, 15) is 9.59 Å². The second-order valence-corrected chi connectivity index (χ2v) is 6.94. The number of nitrogens with one attached hydrogen (secondary N) is 1. The fraction of sp³-hybridized carbons (Fsp3) is 0.429. The van der Waals surface area contributed by atoms with Crippen LogP contribution in [0.1, 0.15) is 18.2 Å². The Morgan fingerprint density at radius 1 is 1.55 bits per heavy atom. The molecule has 8 heteroatoms. The molecule has 0 aliphatic carbocycles. The Labute approximate surface area is 136 Å². The van der Waals surface area contributed by atoms with Crippen LogP contribution in [0.25, 0.3) is 0 Å². The number of carbonyl (C=O) groups excluding carboxylic acids is 1. The molecule has 1 aliphatic heterocycles. The Balaban J connectivity index is 1.84. The van der Waals surface area contributed by atoms with Crippen LogP contribution in [0.4, 0.5) is 5.13 Å². The molecule has 2 aromatic rings. The van der Waals surface area contributed by atoms with Crippen LogP contribution in [0.2, 0.25) is 0 Å². The lowest BCUT2D eigenvalue weighted by Crippen LogP contribution is -2.38. The van der Waals surface area contributed by atoms with E-state index in [0.29, 0.717) is 29.0 Å². The maximum absolute atomic E-state index is 12.5. The van der Waals surface area contributed by atoms with Gasteiger partial charge in [-0.3, -0.25) is 14.2 Å². The first-order valence-corrected chi connectivity index (χ1v) is 8.90. The van der Waals surface area contributed by atoms with E-state index in [1.165, 1.54) is 23.1 Å². The molecule has 0 saturated heterocycles. The topological polar surface area (TPSA) is 76.9 Å². The van der Waals surface area contributed by atoms with Gasteiger partial charge in [0.1, 0.15) is 0 Å². The largest absolute Gasteiger partial charge is 0.302 e. The summed E-state index contributed by atoms with van der Waals surface area (Å²) in [5, 5.41) is 5.91. The SMILES string of the molecule is CCc1c(C)nc2n(c1=O)CC(C(=O)Nc1nccs1)CS2. The van der Waals surface area contributed by atoms with Gasteiger partial charge >= 0.3 is 0 Å². The number of aromatic nitrogens is 3. The zero-order chi connectivity index (χ0) is 15.7. The minimum atomic E-state index is -0.256. The number of carbonyl (C=O) groups is 1. The van der Waals surface area contributed by atoms with Crippen molar-refractivity contribution in [2.24, 2.45) is 5.92 Å². The average molecular weight is 336 g/mol.